The Bertz CT molecular complexity index is 1110. The van der Waals surface area contributed by atoms with Crippen molar-refractivity contribution in [1.29, 1.82) is 0 Å². The lowest BCUT2D eigenvalue weighted by Crippen LogP contribution is -2.48. The molecule has 2 aromatic carbocycles. The fraction of sp³-hybridized carbons (Fsp3) is 0.143. The monoisotopic (exact) mass is 415 g/mol. The number of anilines is 1. The molecule has 0 fully saturated rings. The van der Waals surface area contributed by atoms with E-state index in [1.54, 1.807) is 31.2 Å². The highest BCUT2D eigenvalue weighted by Crippen LogP contribution is 2.51. The zero-order valence-corrected chi connectivity index (χ0v) is 16.6. The minimum absolute atomic E-state index is 0.258. The topological polar surface area (TPSA) is 55.4 Å². The number of thiophene rings is 1. The van der Waals surface area contributed by atoms with Crippen LogP contribution in [0.1, 0.15) is 22.8 Å². The SMILES string of the molecule is COc1cc(F)ccc1-c1c(Cl)sc2c1C(=O)C(C)(c1ccccc1)C(=O)N2. The van der Waals surface area contributed by atoms with Crippen LogP contribution in [0.25, 0.3) is 11.1 Å². The lowest BCUT2D eigenvalue weighted by Gasteiger charge is -2.31. The smallest absolute Gasteiger partial charge is 0.243 e. The molecule has 2 heterocycles. The van der Waals surface area contributed by atoms with Crippen LogP contribution in [0, 0.1) is 5.82 Å². The first-order chi connectivity index (χ1) is 13.4. The van der Waals surface area contributed by atoms with Gasteiger partial charge in [-0.1, -0.05) is 41.9 Å². The molecular weight excluding hydrogens is 401 g/mol. The molecule has 0 aliphatic carbocycles. The first-order valence-electron chi connectivity index (χ1n) is 8.46. The van der Waals surface area contributed by atoms with Crippen LogP contribution in [0.4, 0.5) is 9.39 Å². The molecule has 1 amide bonds. The Morgan fingerprint density at radius 2 is 1.82 bits per heavy atom. The van der Waals surface area contributed by atoms with Crippen molar-refractivity contribution in [2.75, 3.05) is 12.4 Å². The summed E-state index contributed by atoms with van der Waals surface area (Å²) >= 11 is 7.56. The highest BCUT2D eigenvalue weighted by atomic mass is 35.5. The molecule has 0 saturated heterocycles. The standard InChI is InChI=1S/C21H15ClFNO3S/c1-21(11-6-4-3-5-7-11)17(25)16-15(18(22)28-19(16)24-20(21)26)13-9-8-12(23)10-14(13)27-2/h3-10H,1-2H3,(H,24,26). The Hall–Kier alpha value is -2.70. The van der Waals surface area contributed by atoms with Crippen LogP contribution in [0.3, 0.4) is 0 Å². The van der Waals surface area contributed by atoms with Crippen molar-refractivity contribution in [2.45, 2.75) is 12.3 Å². The van der Waals surface area contributed by atoms with Gasteiger partial charge in [0, 0.05) is 17.2 Å². The summed E-state index contributed by atoms with van der Waals surface area (Å²) in [6.07, 6.45) is 0. The summed E-state index contributed by atoms with van der Waals surface area (Å²) < 4.78 is 19.3. The number of fused-ring (bicyclic) bond motifs is 1. The number of halogens is 2. The average Bonchev–Trinajstić information content (AvgIpc) is 3.02. The van der Waals surface area contributed by atoms with E-state index in [1.807, 2.05) is 6.07 Å². The Kier molecular flexibility index (Phi) is 4.48. The second kappa shape index (κ2) is 6.72. The average molecular weight is 416 g/mol. The lowest BCUT2D eigenvalue weighted by atomic mass is 9.73. The molecule has 1 atom stereocenters. The molecule has 28 heavy (non-hydrogen) atoms. The third-order valence-corrected chi connectivity index (χ3v) is 6.33. The molecule has 1 aliphatic heterocycles. The molecule has 7 heteroatoms. The predicted octanol–water partition coefficient (Wildman–Crippen LogP) is 5.31. The number of amides is 1. The maximum absolute atomic E-state index is 13.7. The molecule has 4 nitrogen and oxygen atoms in total. The van der Waals surface area contributed by atoms with E-state index in [2.05, 4.69) is 5.32 Å². The van der Waals surface area contributed by atoms with Gasteiger partial charge in [0.2, 0.25) is 5.91 Å². The number of ketones is 1. The van der Waals surface area contributed by atoms with E-state index in [9.17, 15) is 14.0 Å². The van der Waals surface area contributed by atoms with E-state index < -0.39 is 17.1 Å². The van der Waals surface area contributed by atoms with E-state index in [0.29, 0.717) is 31.6 Å². The van der Waals surface area contributed by atoms with Crippen molar-refractivity contribution < 1.29 is 18.7 Å². The van der Waals surface area contributed by atoms with E-state index in [0.717, 1.165) is 11.3 Å². The van der Waals surface area contributed by atoms with Gasteiger partial charge < -0.3 is 10.1 Å². The molecule has 0 spiro atoms. The number of methoxy groups -OCH3 is 1. The van der Waals surface area contributed by atoms with Gasteiger partial charge in [-0.25, -0.2) is 4.39 Å². The van der Waals surface area contributed by atoms with Gasteiger partial charge in [0.25, 0.3) is 0 Å². The molecule has 1 aliphatic rings. The van der Waals surface area contributed by atoms with E-state index in [1.165, 1.54) is 25.3 Å². The van der Waals surface area contributed by atoms with Crippen LogP contribution >= 0.6 is 22.9 Å². The summed E-state index contributed by atoms with van der Waals surface area (Å²) in [5, 5.41) is 3.20. The van der Waals surface area contributed by atoms with E-state index in [4.69, 9.17) is 16.3 Å². The zero-order valence-electron chi connectivity index (χ0n) is 15.0. The Morgan fingerprint density at radius 3 is 2.50 bits per heavy atom. The highest BCUT2D eigenvalue weighted by molar-refractivity contribution is 7.21. The fourth-order valence-corrected chi connectivity index (χ4v) is 4.80. The van der Waals surface area contributed by atoms with E-state index in [-0.39, 0.29) is 11.5 Å². The molecule has 1 unspecified atom stereocenters. The highest BCUT2D eigenvalue weighted by Gasteiger charge is 2.49. The number of carbonyl (C=O) groups excluding carboxylic acids is 2. The Balaban J connectivity index is 1.96. The number of Topliss-reactive ketones (excluding diaryl/α,β-unsaturated/α-hetero) is 1. The number of hydrogen-bond acceptors (Lipinski definition) is 4. The number of nitrogens with one attached hydrogen (secondary N) is 1. The van der Waals surface area contributed by atoms with Gasteiger partial charge in [0.1, 0.15) is 26.3 Å². The van der Waals surface area contributed by atoms with Crippen LogP contribution in [-0.2, 0) is 10.2 Å². The van der Waals surface area contributed by atoms with Crippen LogP contribution in [0.5, 0.6) is 5.75 Å². The number of ether oxygens (including phenoxy) is 1. The minimum atomic E-state index is -1.40. The number of hydrogen-bond donors (Lipinski definition) is 1. The first-order valence-corrected chi connectivity index (χ1v) is 9.65. The zero-order chi connectivity index (χ0) is 20.1. The van der Waals surface area contributed by atoms with Gasteiger partial charge in [0.15, 0.2) is 5.78 Å². The second-order valence-electron chi connectivity index (χ2n) is 6.57. The molecule has 4 rings (SSSR count). The van der Waals surface area contributed by atoms with Gasteiger partial charge in [-0.2, -0.15) is 0 Å². The third kappa shape index (κ3) is 2.64. The molecule has 142 valence electrons. The second-order valence-corrected chi connectivity index (χ2v) is 8.20. The molecule has 0 radical (unpaired) electrons. The van der Waals surface area contributed by atoms with Crippen molar-refractivity contribution in [3.8, 4) is 16.9 Å². The van der Waals surface area contributed by atoms with Gasteiger partial charge in [0.05, 0.1) is 12.7 Å². The molecular formula is C21H15ClFNO3S. The number of carbonyl (C=O) groups is 2. The Labute approximate surface area is 169 Å². The van der Waals surface area contributed by atoms with Crippen molar-refractivity contribution in [2.24, 2.45) is 0 Å². The maximum Gasteiger partial charge on any atom is 0.243 e. The van der Waals surface area contributed by atoms with Gasteiger partial charge in [-0.15, -0.1) is 11.3 Å². The number of benzene rings is 2. The van der Waals surface area contributed by atoms with Crippen molar-refractivity contribution in [1.82, 2.24) is 0 Å². The quantitative estimate of drug-likeness (QED) is 0.590. The summed E-state index contributed by atoms with van der Waals surface area (Å²) in [7, 11) is 1.42. The predicted molar refractivity (Wildman–Crippen MR) is 108 cm³/mol. The summed E-state index contributed by atoms with van der Waals surface area (Å²) in [6, 6.07) is 12.9. The van der Waals surface area contributed by atoms with Crippen LogP contribution in [0.2, 0.25) is 4.34 Å². The molecule has 1 N–H and O–H groups in total. The van der Waals surface area contributed by atoms with Crippen LogP contribution < -0.4 is 10.1 Å². The molecule has 0 bridgehead atoms. The van der Waals surface area contributed by atoms with Gasteiger partial charge in [-0.3, -0.25) is 9.59 Å². The molecule has 0 saturated carbocycles. The molecule has 3 aromatic rings. The molecule has 1 aromatic heterocycles. The fourth-order valence-electron chi connectivity index (χ4n) is 3.44. The Morgan fingerprint density at radius 1 is 1.11 bits per heavy atom. The normalized spacial score (nSPS) is 18.6. The largest absolute Gasteiger partial charge is 0.496 e. The first kappa shape index (κ1) is 18.7. The summed E-state index contributed by atoms with van der Waals surface area (Å²) in [6.45, 7) is 1.60. The van der Waals surface area contributed by atoms with Crippen LogP contribution in [0.15, 0.2) is 48.5 Å². The van der Waals surface area contributed by atoms with Crippen molar-refractivity contribution in [3.05, 3.63) is 69.8 Å². The maximum atomic E-state index is 13.7. The number of rotatable bonds is 3. The third-order valence-electron chi connectivity index (χ3n) is 5.01. The van der Waals surface area contributed by atoms with Crippen molar-refractivity contribution in [3.63, 3.8) is 0 Å². The van der Waals surface area contributed by atoms with Gasteiger partial charge in [-0.05, 0) is 24.6 Å². The van der Waals surface area contributed by atoms with E-state index >= 15 is 0 Å². The summed E-state index contributed by atoms with van der Waals surface area (Å²) in [5.74, 6) is -0.975. The van der Waals surface area contributed by atoms with Gasteiger partial charge >= 0.3 is 0 Å². The lowest BCUT2D eigenvalue weighted by molar-refractivity contribution is -0.119. The van der Waals surface area contributed by atoms with Crippen molar-refractivity contribution >= 4 is 39.6 Å². The van der Waals surface area contributed by atoms with Crippen LogP contribution in [-0.4, -0.2) is 18.8 Å². The minimum Gasteiger partial charge on any atom is -0.496 e. The summed E-state index contributed by atoms with van der Waals surface area (Å²) in [4.78, 5) is 26.5. The summed E-state index contributed by atoms with van der Waals surface area (Å²) in [5.41, 5.74) is 0.422.